The summed E-state index contributed by atoms with van der Waals surface area (Å²) in [6.07, 6.45) is 9.66. The highest BCUT2D eigenvalue weighted by Gasteiger charge is 2.20. The predicted molar refractivity (Wildman–Crippen MR) is 215 cm³/mol. The van der Waals surface area contributed by atoms with Gasteiger partial charge < -0.3 is 5.73 Å². The Hall–Kier alpha value is -5.40. The van der Waals surface area contributed by atoms with Gasteiger partial charge in [0, 0.05) is 6.20 Å². The SMILES string of the molecule is C=Cc1c(C=C)c(-c2ccc3cc(-c4ccc(C(/C=C\C)=C/N)cc4)ccc3c2)c2ccccc2c1-c1ccc(C(C)(C)C)cc1.CC. The molecule has 6 rings (SSSR count). The van der Waals surface area contributed by atoms with Gasteiger partial charge in [0.15, 0.2) is 0 Å². The molecule has 2 N–H and O–H groups in total. The molecule has 0 unspecified atom stereocenters. The Morgan fingerprint density at radius 2 is 1.08 bits per heavy atom. The van der Waals surface area contributed by atoms with Gasteiger partial charge in [0.2, 0.25) is 0 Å². The van der Waals surface area contributed by atoms with E-state index < -0.39 is 0 Å². The third kappa shape index (κ3) is 6.55. The maximum absolute atomic E-state index is 5.85. The van der Waals surface area contributed by atoms with E-state index in [1.807, 2.05) is 45.1 Å². The lowest BCUT2D eigenvalue weighted by atomic mass is 9.82. The first-order valence-electron chi connectivity index (χ1n) is 16.9. The molecule has 1 heteroatoms. The minimum Gasteiger partial charge on any atom is -0.404 e. The molecule has 0 atom stereocenters. The van der Waals surface area contributed by atoms with Crippen LogP contribution in [0.15, 0.2) is 141 Å². The van der Waals surface area contributed by atoms with E-state index in [4.69, 9.17) is 5.73 Å². The van der Waals surface area contributed by atoms with Gasteiger partial charge >= 0.3 is 0 Å². The van der Waals surface area contributed by atoms with E-state index in [9.17, 15) is 0 Å². The average molecular weight is 626 g/mol. The van der Waals surface area contributed by atoms with Crippen LogP contribution in [0, 0.1) is 0 Å². The van der Waals surface area contributed by atoms with Gasteiger partial charge in [-0.3, -0.25) is 0 Å². The predicted octanol–water partition coefficient (Wildman–Crippen LogP) is 13.5. The zero-order valence-corrected chi connectivity index (χ0v) is 29.3. The highest BCUT2D eigenvalue weighted by Crippen LogP contribution is 2.44. The van der Waals surface area contributed by atoms with Gasteiger partial charge in [-0.1, -0.05) is 169 Å². The number of fused-ring (bicyclic) bond motifs is 2. The molecule has 0 fully saturated rings. The summed E-state index contributed by atoms with van der Waals surface area (Å²) in [6, 6.07) is 39.8. The van der Waals surface area contributed by atoms with Crippen molar-refractivity contribution < 1.29 is 0 Å². The van der Waals surface area contributed by atoms with Crippen LogP contribution in [0.4, 0.5) is 0 Å². The van der Waals surface area contributed by atoms with Gasteiger partial charge in [-0.05, 0) is 107 Å². The Morgan fingerprint density at radius 3 is 1.58 bits per heavy atom. The highest BCUT2D eigenvalue weighted by atomic mass is 14.5. The van der Waals surface area contributed by atoms with Crippen molar-refractivity contribution >= 4 is 39.3 Å². The first-order chi connectivity index (χ1) is 23.3. The van der Waals surface area contributed by atoms with Crippen molar-refractivity contribution in [2.24, 2.45) is 5.73 Å². The van der Waals surface area contributed by atoms with E-state index in [-0.39, 0.29) is 5.41 Å². The Kier molecular flexibility index (Phi) is 10.3. The summed E-state index contributed by atoms with van der Waals surface area (Å²) in [6.45, 7) is 21.3. The van der Waals surface area contributed by atoms with Crippen molar-refractivity contribution in [2.75, 3.05) is 0 Å². The van der Waals surface area contributed by atoms with Crippen LogP contribution in [-0.4, -0.2) is 0 Å². The first-order valence-corrected chi connectivity index (χ1v) is 16.9. The second kappa shape index (κ2) is 14.6. The maximum atomic E-state index is 5.85. The van der Waals surface area contributed by atoms with Crippen molar-refractivity contribution in [1.29, 1.82) is 0 Å². The molecule has 0 aliphatic heterocycles. The zero-order valence-electron chi connectivity index (χ0n) is 29.3. The molecule has 0 radical (unpaired) electrons. The smallest absolute Gasteiger partial charge is 0.00174 e. The lowest BCUT2D eigenvalue weighted by Crippen LogP contribution is -2.10. The van der Waals surface area contributed by atoms with Crippen LogP contribution in [0.3, 0.4) is 0 Å². The van der Waals surface area contributed by atoms with Crippen LogP contribution >= 0.6 is 0 Å². The van der Waals surface area contributed by atoms with Gasteiger partial charge in [-0.15, -0.1) is 0 Å². The van der Waals surface area contributed by atoms with Crippen LogP contribution in [0.5, 0.6) is 0 Å². The molecule has 240 valence electrons. The molecule has 6 aromatic rings. The van der Waals surface area contributed by atoms with E-state index in [1.165, 1.54) is 60.5 Å². The molecule has 0 spiro atoms. The first kappa shape index (κ1) is 33.9. The standard InChI is InChI=1S/C45H41N.C2H6/c1-7-12-37(29-46)31-17-15-30(16-18-31)33-19-20-35-28-36(22-21-34(35)27-33)44-40(9-3)39(8-2)43(41-13-10-11-14-42(41)44)32-23-25-38(26-24-32)45(4,5)6;1-2/h7-29H,2-3,46H2,1,4-6H3;1-2H3/b12-7-,37-29+;. The second-order valence-electron chi connectivity index (χ2n) is 12.8. The molecule has 0 aromatic heterocycles. The molecule has 6 aromatic carbocycles. The average Bonchev–Trinajstić information content (AvgIpc) is 3.13. The van der Waals surface area contributed by atoms with Gasteiger partial charge in [-0.2, -0.15) is 0 Å². The molecule has 48 heavy (non-hydrogen) atoms. The quantitative estimate of drug-likeness (QED) is 0.176. The van der Waals surface area contributed by atoms with Gasteiger partial charge in [-0.25, -0.2) is 0 Å². The number of benzene rings is 6. The molecular formula is C47H47N. The highest BCUT2D eigenvalue weighted by molar-refractivity contribution is 6.12. The largest absolute Gasteiger partial charge is 0.404 e. The Balaban J connectivity index is 0.00000221. The minimum absolute atomic E-state index is 0.0949. The summed E-state index contributed by atoms with van der Waals surface area (Å²) < 4.78 is 0. The third-order valence-electron chi connectivity index (χ3n) is 8.95. The molecule has 1 nitrogen and oxygen atoms in total. The van der Waals surface area contributed by atoms with Crippen molar-refractivity contribution in [3.63, 3.8) is 0 Å². The maximum Gasteiger partial charge on any atom is 0.00174 e. The lowest BCUT2D eigenvalue weighted by Gasteiger charge is -2.22. The lowest BCUT2D eigenvalue weighted by molar-refractivity contribution is 0.590. The number of hydrogen-bond donors (Lipinski definition) is 1. The summed E-state index contributed by atoms with van der Waals surface area (Å²) in [5, 5.41) is 4.81. The summed E-state index contributed by atoms with van der Waals surface area (Å²) >= 11 is 0. The molecule has 0 heterocycles. The van der Waals surface area contributed by atoms with Crippen molar-refractivity contribution in [3.05, 3.63) is 163 Å². The van der Waals surface area contributed by atoms with Crippen LogP contribution in [-0.2, 0) is 5.41 Å². The van der Waals surface area contributed by atoms with E-state index in [2.05, 4.69) is 143 Å². The van der Waals surface area contributed by atoms with Crippen LogP contribution < -0.4 is 5.73 Å². The van der Waals surface area contributed by atoms with E-state index in [0.717, 1.165) is 22.3 Å². The number of allylic oxidation sites excluding steroid dienone is 3. The second-order valence-corrected chi connectivity index (χ2v) is 12.8. The minimum atomic E-state index is 0.0949. The Bertz CT molecular complexity index is 2150. The molecule has 0 aliphatic rings. The Labute approximate surface area is 287 Å². The number of rotatable bonds is 7. The zero-order chi connectivity index (χ0) is 34.4. The van der Waals surface area contributed by atoms with Crippen molar-refractivity contribution in [1.82, 2.24) is 0 Å². The summed E-state index contributed by atoms with van der Waals surface area (Å²) in [5.41, 5.74) is 18.7. The molecule has 0 saturated heterocycles. The van der Waals surface area contributed by atoms with Crippen LogP contribution in [0.1, 0.15) is 63.8 Å². The molecular weight excluding hydrogens is 579 g/mol. The molecule has 0 saturated carbocycles. The third-order valence-corrected chi connectivity index (χ3v) is 8.95. The number of nitrogens with two attached hydrogens (primary N) is 1. The van der Waals surface area contributed by atoms with E-state index in [0.29, 0.717) is 0 Å². The molecule has 0 bridgehead atoms. The summed E-state index contributed by atoms with van der Waals surface area (Å²) in [7, 11) is 0. The normalized spacial score (nSPS) is 11.8. The molecule has 0 aliphatic carbocycles. The fourth-order valence-electron chi connectivity index (χ4n) is 6.53. The van der Waals surface area contributed by atoms with Crippen LogP contribution in [0.25, 0.3) is 72.7 Å². The number of hydrogen-bond acceptors (Lipinski definition) is 1. The fourth-order valence-corrected chi connectivity index (χ4v) is 6.53. The van der Waals surface area contributed by atoms with Gasteiger partial charge in [0.05, 0.1) is 0 Å². The fraction of sp³-hybridized carbons (Fsp3) is 0.149. The van der Waals surface area contributed by atoms with Gasteiger partial charge in [0.1, 0.15) is 0 Å². The Morgan fingerprint density at radius 1 is 0.604 bits per heavy atom. The topological polar surface area (TPSA) is 26.0 Å². The van der Waals surface area contributed by atoms with Crippen LogP contribution in [0.2, 0.25) is 0 Å². The van der Waals surface area contributed by atoms with Gasteiger partial charge in [0.25, 0.3) is 0 Å². The molecule has 0 amide bonds. The van der Waals surface area contributed by atoms with E-state index in [1.54, 1.807) is 6.20 Å². The van der Waals surface area contributed by atoms with Crippen molar-refractivity contribution in [3.8, 4) is 33.4 Å². The van der Waals surface area contributed by atoms with Crippen molar-refractivity contribution in [2.45, 2.75) is 47.0 Å². The van der Waals surface area contributed by atoms with E-state index >= 15 is 0 Å². The summed E-state index contributed by atoms with van der Waals surface area (Å²) in [4.78, 5) is 0. The monoisotopic (exact) mass is 625 g/mol. The summed E-state index contributed by atoms with van der Waals surface area (Å²) in [5.74, 6) is 0.